The number of para-hydroxylation sites is 1. The molecule has 1 fully saturated rings. The van der Waals surface area contributed by atoms with Crippen molar-refractivity contribution < 1.29 is 14.3 Å². The molecule has 5 nitrogen and oxygen atoms in total. The lowest BCUT2D eigenvalue weighted by Crippen LogP contribution is -2.33. The van der Waals surface area contributed by atoms with Gasteiger partial charge in [0.1, 0.15) is 18.0 Å². The Balaban J connectivity index is 1.92. The monoisotopic (exact) mass is 369 g/mol. The molecule has 2 aromatic carbocycles. The summed E-state index contributed by atoms with van der Waals surface area (Å²) < 4.78 is 11.4. The van der Waals surface area contributed by atoms with E-state index >= 15 is 0 Å². The van der Waals surface area contributed by atoms with E-state index in [0.29, 0.717) is 36.2 Å². The largest absolute Gasteiger partial charge is 0.456 e. The molecule has 0 unspecified atom stereocenters. The van der Waals surface area contributed by atoms with Gasteiger partial charge in [0.05, 0.1) is 18.1 Å². The summed E-state index contributed by atoms with van der Waals surface area (Å²) in [4.78, 5) is 18.3. The first-order valence-electron chi connectivity index (χ1n) is 8.49. The first-order chi connectivity index (χ1) is 12.6. The molecule has 0 N–H and O–H groups in total. The molecule has 1 saturated heterocycles. The van der Waals surface area contributed by atoms with Crippen molar-refractivity contribution in [1.82, 2.24) is 4.90 Å². The molecule has 6 heteroatoms. The number of benzene rings is 2. The summed E-state index contributed by atoms with van der Waals surface area (Å²) in [5.74, 6) is 1.19. The Bertz CT molecular complexity index is 924. The number of carbonyl (C=O) groups is 1. The number of halogens is 1. The zero-order chi connectivity index (χ0) is 18.3. The molecule has 1 amide bonds. The Labute approximate surface area is 156 Å². The van der Waals surface area contributed by atoms with Crippen molar-refractivity contribution >= 4 is 17.7 Å². The standard InChI is InChI=1S/C20H18ClN2O3/c1-3-25-19(24)23-11-16-14-10-13(21)8-9-17(14)26-18-7-5-4-6-15(18)20(16,12-23)22-2/h2,4-10,16H,3,11-12H2,1H3/q+1/t16-,20+/m1/s1. The van der Waals surface area contributed by atoms with Gasteiger partial charge in [-0.15, -0.1) is 0 Å². The predicted molar refractivity (Wildman–Crippen MR) is 99.3 cm³/mol. The molecule has 132 valence electrons. The third kappa shape index (κ3) is 2.41. The van der Waals surface area contributed by atoms with Crippen molar-refractivity contribution in [2.75, 3.05) is 19.7 Å². The molecule has 0 saturated carbocycles. The van der Waals surface area contributed by atoms with Crippen LogP contribution in [-0.4, -0.2) is 30.7 Å². The number of fused-ring (bicyclic) bond motifs is 5. The Morgan fingerprint density at radius 3 is 2.96 bits per heavy atom. The maximum Gasteiger partial charge on any atom is 0.410 e. The van der Waals surface area contributed by atoms with E-state index in [1.54, 1.807) is 17.9 Å². The molecule has 2 aliphatic rings. The second-order valence-corrected chi connectivity index (χ2v) is 6.90. The highest BCUT2D eigenvalue weighted by Gasteiger charge is 2.62. The fraction of sp³-hybridized carbons (Fsp3) is 0.300. The van der Waals surface area contributed by atoms with Crippen molar-refractivity contribution in [3.05, 3.63) is 63.5 Å². The number of ether oxygens (including phenoxy) is 2. The smallest absolute Gasteiger partial charge is 0.410 e. The lowest BCUT2D eigenvalue weighted by molar-refractivity contribution is 0.114. The minimum atomic E-state index is -0.820. The molecule has 0 aromatic heterocycles. The molecule has 2 aliphatic heterocycles. The number of nitrogens with zero attached hydrogens (tertiary/aromatic N) is 2. The third-order valence-corrected chi connectivity index (χ3v) is 5.32. The molecule has 0 spiro atoms. The fourth-order valence-electron chi connectivity index (χ4n) is 3.94. The fourth-order valence-corrected chi connectivity index (χ4v) is 4.12. The van der Waals surface area contributed by atoms with Crippen LogP contribution in [0.25, 0.3) is 4.85 Å². The van der Waals surface area contributed by atoms with Crippen LogP contribution < -0.4 is 4.74 Å². The van der Waals surface area contributed by atoms with E-state index in [1.807, 2.05) is 36.4 Å². The highest BCUT2D eigenvalue weighted by Crippen LogP contribution is 2.54. The molecule has 2 aromatic rings. The topological polar surface area (TPSA) is 43.1 Å². The second kappa shape index (κ2) is 6.22. The molecule has 4 rings (SSSR count). The minimum absolute atomic E-state index is 0.186. The summed E-state index contributed by atoms with van der Waals surface area (Å²) in [6.45, 7) is 8.79. The average molecular weight is 370 g/mol. The SMILES string of the molecule is C#[N+][C@]12CN(C(=O)OCC)C[C@@H]1c1cc(Cl)ccc1Oc1ccccc12. The summed E-state index contributed by atoms with van der Waals surface area (Å²) in [5.41, 5.74) is 0.917. The number of hydrogen-bond acceptors (Lipinski definition) is 3. The average Bonchev–Trinajstić information content (AvgIpc) is 3.00. The zero-order valence-electron chi connectivity index (χ0n) is 14.3. The molecule has 0 radical (unpaired) electrons. The van der Waals surface area contributed by atoms with Crippen LogP contribution in [0.5, 0.6) is 11.5 Å². The first kappa shape index (κ1) is 16.7. The zero-order valence-corrected chi connectivity index (χ0v) is 15.1. The first-order valence-corrected chi connectivity index (χ1v) is 8.87. The maximum absolute atomic E-state index is 12.4. The van der Waals surface area contributed by atoms with Gasteiger partial charge in [-0.25, -0.2) is 4.79 Å². The number of likely N-dealkylation sites (tertiary alicyclic amines) is 1. The van der Waals surface area contributed by atoms with E-state index < -0.39 is 5.54 Å². The number of hydrogen-bond donors (Lipinski definition) is 0. The van der Waals surface area contributed by atoms with Gasteiger partial charge >= 0.3 is 11.6 Å². The van der Waals surface area contributed by atoms with Gasteiger partial charge in [-0.2, -0.15) is 0 Å². The predicted octanol–water partition coefficient (Wildman–Crippen LogP) is 4.86. The van der Waals surface area contributed by atoms with Crippen molar-refractivity contribution in [3.8, 4) is 18.1 Å². The van der Waals surface area contributed by atoms with Crippen molar-refractivity contribution in [2.45, 2.75) is 18.4 Å². The van der Waals surface area contributed by atoms with Gasteiger partial charge < -0.3 is 9.47 Å². The Morgan fingerprint density at radius 1 is 1.38 bits per heavy atom. The second-order valence-electron chi connectivity index (χ2n) is 6.47. The summed E-state index contributed by atoms with van der Waals surface area (Å²) in [7, 11) is 0. The maximum atomic E-state index is 12.4. The van der Waals surface area contributed by atoms with Crippen LogP contribution in [0.4, 0.5) is 4.79 Å². The van der Waals surface area contributed by atoms with Gasteiger partial charge in [0.15, 0.2) is 0 Å². The van der Waals surface area contributed by atoms with Gasteiger partial charge in [-0.1, -0.05) is 28.6 Å². The van der Waals surface area contributed by atoms with Crippen LogP contribution in [0.2, 0.25) is 5.02 Å². The molecular weight excluding hydrogens is 352 g/mol. The highest BCUT2D eigenvalue weighted by atomic mass is 35.5. The highest BCUT2D eigenvalue weighted by molar-refractivity contribution is 6.30. The molecule has 2 heterocycles. The van der Waals surface area contributed by atoms with E-state index in [-0.39, 0.29) is 12.0 Å². The van der Waals surface area contributed by atoms with Crippen LogP contribution in [0.1, 0.15) is 24.0 Å². The number of carbonyl (C=O) groups excluding carboxylic acids is 1. The summed E-state index contributed by atoms with van der Waals surface area (Å²) in [6.07, 6.45) is -0.370. The summed E-state index contributed by atoms with van der Waals surface area (Å²) in [5, 5.41) is 0.596. The number of amides is 1. The Kier molecular flexibility index (Phi) is 4.01. The quantitative estimate of drug-likeness (QED) is 0.721. The van der Waals surface area contributed by atoms with E-state index in [0.717, 1.165) is 11.1 Å². The van der Waals surface area contributed by atoms with Crippen molar-refractivity contribution in [3.63, 3.8) is 0 Å². The lowest BCUT2D eigenvalue weighted by atomic mass is 9.77. The Morgan fingerprint density at radius 2 is 2.19 bits per heavy atom. The molecular formula is C20H18ClN2O3+. The van der Waals surface area contributed by atoms with Crippen molar-refractivity contribution in [1.29, 1.82) is 0 Å². The van der Waals surface area contributed by atoms with Crippen LogP contribution in [0.3, 0.4) is 0 Å². The minimum Gasteiger partial charge on any atom is -0.456 e. The number of rotatable bonds is 1. The normalized spacial score (nSPS) is 23.0. The van der Waals surface area contributed by atoms with Crippen LogP contribution >= 0.6 is 11.6 Å². The molecule has 0 aliphatic carbocycles. The van der Waals surface area contributed by atoms with Gasteiger partial charge in [0.2, 0.25) is 0 Å². The van der Waals surface area contributed by atoms with Gasteiger partial charge in [0, 0.05) is 17.1 Å². The molecule has 26 heavy (non-hydrogen) atoms. The van der Waals surface area contributed by atoms with E-state index in [9.17, 15) is 4.79 Å². The van der Waals surface area contributed by atoms with Crippen LogP contribution in [0.15, 0.2) is 42.5 Å². The van der Waals surface area contributed by atoms with Gasteiger partial charge in [0.25, 0.3) is 6.57 Å². The van der Waals surface area contributed by atoms with Crippen LogP contribution in [0, 0.1) is 6.57 Å². The Hall–Kier alpha value is -2.71. The lowest BCUT2D eigenvalue weighted by Gasteiger charge is -2.18. The van der Waals surface area contributed by atoms with E-state index in [4.69, 9.17) is 27.6 Å². The molecule has 2 atom stereocenters. The van der Waals surface area contributed by atoms with Gasteiger partial charge in [-0.05, 0) is 37.3 Å². The van der Waals surface area contributed by atoms with Crippen LogP contribution in [-0.2, 0) is 10.3 Å². The summed E-state index contributed by atoms with van der Waals surface area (Å²) in [6, 6.07) is 13.1. The summed E-state index contributed by atoms with van der Waals surface area (Å²) >= 11 is 6.25. The van der Waals surface area contributed by atoms with Gasteiger partial charge in [-0.3, -0.25) is 4.90 Å². The van der Waals surface area contributed by atoms with Crippen molar-refractivity contribution in [2.24, 2.45) is 0 Å². The third-order valence-electron chi connectivity index (χ3n) is 5.09. The molecule has 0 bridgehead atoms. The van der Waals surface area contributed by atoms with E-state index in [2.05, 4.69) is 4.85 Å². The van der Waals surface area contributed by atoms with E-state index in [1.165, 1.54) is 0 Å².